The first-order chi connectivity index (χ1) is 29.9. The molecule has 15 nitrogen and oxygen atoms in total. The number of halogens is 9. The van der Waals surface area contributed by atoms with Crippen molar-refractivity contribution in [2.75, 3.05) is 0 Å². The van der Waals surface area contributed by atoms with E-state index in [-0.39, 0.29) is 35.9 Å². The van der Waals surface area contributed by atoms with E-state index in [0.29, 0.717) is 0 Å². The summed E-state index contributed by atoms with van der Waals surface area (Å²) in [6, 6.07) is -0.0157. The quantitative estimate of drug-likeness (QED) is 0.0728. The Morgan fingerprint density at radius 3 is 0.922 bits per heavy atom. The van der Waals surface area contributed by atoms with Crippen molar-refractivity contribution >= 4 is 7.32 Å². The molecule has 0 saturated heterocycles. The lowest BCUT2D eigenvalue weighted by Gasteiger charge is -2.19. The second kappa shape index (κ2) is 17.3. The van der Waals surface area contributed by atoms with Gasteiger partial charge in [0, 0.05) is 39.0 Å². The SMILES string of the molecule is Cc1nnc([C@](C)(O)C#Cc2c(F)c(F)cc(OB(Oc3cc(F)c(F)c(C#C[C@@](C)(O)c4nnc(C)o4)c3F)Oc3cc(F)c(F)c(C#C[C@@](C)(O)c4nnc(C)o4)c3F)c2F)o1. The van der Waals surface area contributed by atoms with E-state index in [2.05, 4.69) is 30.6 Å². The zero-order valence-corrected chi connectivity index (χ0v) is 33.2. The normalized spacial score (nSPS) is 13.8. The van der Waals surface area contributed by atoms with Crippen molar-refractivity contribution in [2.24, 2.45) is 0 Å². The van der Waals surface area contributed by atoms with Gasteiger partial charge in [-0.25, -0.2) is 39.5 Å². The molecular weight excluding hydrogens is 878 g/mol. The number of aliphatic hydroxyl groups is 3. The molecule has 3 N–H and O–H groups in total. The Kier molecular flexibility index (Phi) is 12.5. The Morgan fingerprint density at radius 1 is 0.453 bits per heavy atom. The van der Waals surface area contributed by atoms with E-state index >= 15 is 39.5 Å². The van der Waals surface area contributed by atoms with Gasteiger partial charge in [0.25, 0.3) is 17.7 Å². The first-order valence-electron chi connectivity index (χ1n) is 17.6. The largest absolute Gasteiger partial charge is 0.864 e. The third-order valence-electron chi connectivity index (χ3n) is 8.16. The van der Waals surface area contributed by atoms with Crippen LogP contribution in [0.4, 0.5) is 39.5 Å². The summed E-state index contributed by atoms with van der Waals surface area (Å²) in [5.41, 5.74) is -11.6. The van der Waals surface area contributed by atoms with Crippen LogP contribution in [0.3, 0.4) is 0 Å². The first-order valence-corrected chi connectivity index (χ1v) is 17.6. The molecule has 3 heterocycles. The molecule has 64 heavy (non-hydrogen) atoms. The topological polar surface area (TPSA) is 205 Å². The average molecular weight is 902 g/mol. The van der Waals surface area contributed by atoms with E-state index in [0.717, 1.165) is 20.8 Å². The highest BCUT2D eigenvalue weighted by molar-refractivity contribution is 6.39. The average Bonchev–Trinajstić information content (AvgIpc) is 4.00. The molecular formula is C39H24BF9N6O9. The van der Waals surface area contributed by atoms with Crippen molar-refractivity contribution < 1.29 is 82.0 Å². The van der Waals surface area contributed by atoms with Gasteiger partial charge in [0.2, 0.25) is 34.5 Å². The lowest BCUT2D eigenvalue weighted by atomic mass is 10.1. The molecule has 25 heteroatoms. The summed E-state index contributed by atoms with van der Waals surface area (Å²) in [5, 5.41) is 53.2. The van der Waals surface area contributed by atoms with Crippen molar-refractivity contribution in [1.82, 2.24) is 30.6 Å². The Balaban J connectivity index is 1.46. The van der Waals surface area contributed by atoms with E-state index < -0.39 is 128 Å². The van der Waals surface area contributed by atoms with Crippen LogP contribution in [-0.4, -0.2) is 53.2 Å². The zero-order valence-electron chi connectivity index (χ0n) is 33.2. The van der Waals surface area contributed by atoms with Crippen LogP contribution in [0.15, 0.2) is 31.5 Å². The van der Waals surface area contributed by atoms with Gasteiger partial charge < -0.3 is 42.5 Å². The van der Waals surface area contributed by atoms with Crippen molar-refractivity contribution in [3.05, 3.63) is 123 Å². The van der Waals surface area contributed by atoms with E-state index in [1.54, 1.807) is 0 Å². The minimum Gasteiger partial charge on any atom is -0.487 e. The standard InChI is InChI=1S/C39H24BF9N6O9/c1-16-50-53-34(59-16)37(4,56)10-7-19-28(44)22(41)13-25(31(19)47)62-40(63-26-14-23(42)29(45)20(32(26)48)8-11-38(5,57)35-54-51-17(2)60-35)64-27-15-24(43)30(46)21(33(27)49)9-12-39(6,58)36-55-52-18(3)61-36/h13-15,56-58H,1-6H3/t37-,38-,39-/m1/s1. The van der Waals surface area contributed by atoms with Crippen molar-refractivity contribution in [1.29, 1.82) is 0 Å². The Labute approximate surface area is 353 Å². The number of rotatable bonds is 9. The number of hydrogen-bond donors (Lipinski definition) is 3. The van der Waals surface area contributed by atoms with Crippen LogP contribution in [-0.2, 0) is 16.8 Å². The molecule has 3 aromatic heterocycles. The van der Waals surface area contributed by atoms with E-state index in [1.807, 2.05) is 35.5 Å². The van der Waals surface area contributed by atoms with Gasteiger partial charge in [-0.1, -0.05) is 35.5 Å². The molecule has 3 aromatic carbocycles. The fraction of sp³-hybridized carbons (Fsp3) is 0.231. The maximum Gasteiger partial charge on any atom is 0.864 e. The number of hydrogen-bond acceptors (Lipinski definition) is 15. The fourth-order valence-electron chi connectivity index (χ4n) is 4.90. The molecule has 0 aliphatic carbocycles. The van der Waals surface area contributed by atoms with Crippen molar-refractivity contribution in [3.8, 4) is 52.8 Å². The van der Waals surface area contributed by atoms with Crippen molar-refractivity contribution in [2.45, 2.75) is 58.3 Å². The van der Waals surface area contributed by atoms with Crippen LogP contribution in [0, 0.1) is 109 Å². The van der Waals surface area contributed by atoms with Crippen LogP contribution in [0.25, 0.3) is 0 Å². The summed E-state index contributed by atoms with van der Waals surface area (Å²) >= 11 is 0. The summed E-state index contributed by atoms with van der Waals surface area (Å²) in [7, 11) is -3.01. The molecule has 0 spiro atoms. The van der Waals surface area contributed by atoms with Crippen LogP contribution < -0.4 is 14.0 Å². The fourth-order valence-corrected chi connectivity index (χ4v) is 4.90. The maximum absolute atomic E-state index is 16.0. The second-order valence-electron chi connectivity index (χ2n) is 13.6. The molecule has 0 aliphatic rings. The third-order valence-corrected chi connectivity index (χ3v) is 8.16. The second-order valence-corrected chi connectivity index (χ2v) is 13.6. The van der Waals surface area contributed by atoms with Crippen LogP contribution in [0.5, 0.6) is 17.2 Å². The van der Waals surface area contributed by atoms with Crippen LogP contribution >= 0.6 is 0 Å². The third kappa shape index (κ3) is 9.59. The molecule has 0 saturated carbocycles. The van der Waals surface area contributed by atoms with Crippen LogP contribution in [0.1, 0.15) is 72.8 Å². The van der Waals surface area contributed by atoms with E-state index in [4.69, 9.17) is 27.2 Å². The zero-order chi connectivity index (χ0) is 47.1. The molecule has 3 atom stereocenters. The molecule has 0 bridgehead atoms. The Hall–Kier alpha value is -7.53. The molecule has 6 aromatic rings. The summed E-state index contributed by atoms with van der Waals surface area (Å²) < 4.78 is 169. The van der Waals surface area contributed by atoms with Gasteiger partial charge in [-0.05, 0) is 20.8 Å². The van der Waals surface area contributed by atoms with Gasteiger partial charge in [-0.3, -0.25) is 0 Å². The molecule has 6 rings (SSSR count). The van der Waals surface area contributed by atoms with Gasteiger partial charge in [-0.15, -0.1) is 30.6 Å². The molecule has 0 radical (unpaired) electrons. The maximum atomic E-state index is 16.0. The van der Waals surface area contributed by atoms with E-state index in [1.165, 1.54) is 20.8 Å². The number of benzene rings is 3. The smallest absolute Gasteiger partial charge is 0.487 e. The molecule has 0 aliphatic heterocycles. The summed E-state index contributed by atoms with van der Waals surface area (Å²) in [6.07, 6.45) is 0. The highest BCUT2D eigenvalue weighted by Gasteiger charge is 2.38. The number of nitrogens with zero attached hydrogens (tertiary/aromatic N) is 6. The highest BCUT2D eigenvalue weighted by atomic mass is 19.2. The minimum atomic E-state index is -3.01. The first kappa shape index (κ1) is 46.0. The Bertz CT molecular complexity index is 2700. The predicted octanol–water partition coefficient (Wildman–Crippen LogP) is 5.31. The minimum absolute atomic E-state index is 0.00522. The van der Waals surface area contributed by atoms with E-state index in [9.17, 15) is 15.3 Å². The summed E-state index contributed by atoms with van der Waals surface area (Å²) in [4.78, 5) is 0. The predicted molar refractivity (Wildman–Crippen MR) is 193 cm³/mol. The lowest BCUT2D eigenvalue weighted by Crippen LogP contribution is -2.38. The molecule has 330 valence electrons. The summed E-state index contributed by atoms with van der Waals surface area (Å²) in [5.74, 6) is -12.2. The molecule has 0 fully saturated rings. The van der Waals surface area contributed by atoms with Crippen LogP contribution in [0.2, 0.25) is 0 Å². The molecule has 0 unspecified atom stereocenters. The Morgan fingerprint density at radius 2 is 0.703 bits per heavy atom. The monoisotopic (exact) mass is 902 g/mol. The van der Waals surface area contributed by atoms with Gasteiger partial charge in [0.1, 0.15) is 33.9 Å². The summed E-state index contributed by atoms with van der Waals surface area (Å²) in [6.45, 7) is 6.89. The van der Waals surface area contributed by atoms with Crippen molar-refractivity contribution in [3.63, 3.8) is 0 Å². The highest BCUT2D eigenvalue weighted by Crippen LogP contribution is 2.33. The molecule has 0 amide bonds. The number of aromatic nitrogens is 6. The lowest BCUT2D eigenvalue weighted by molar-refractivity contribution is 0.0879. The number of aryl methyl sites for hydroxylation is 3. The van der Waals surface area contributed by atoms with Gasteiger partial charge in [0.15, 0.2) is 52.4 Å². The van der Waals surface area contributed by atoms with Gasteiger partial charge >= 0.3 is 7.32 Å². The van der Waals surface area contributed by atoms with Gasteiger partial charge in [0.05, 0.1) is 0 Å². The van der Waals surface area contributed by atoms with Gasteiger partial charge in [-0.2, -0.15) is 0 Å².